The zero-order valence-corrected chi connectivity index (χ0v) is 20.7. The van der Waals surface area contributed by atoms with Crippen LogP contribution in [0.15, 0.2) is 36.2 Å². The van der Waals surface area contributed by atoms with Crippen molar-refractivity contribution in [3.63, 3.8) is 0 Å². The van der Waals surface area contributed by atoms with Gasteiger partial charge >= 0.3 is 6.03 Å². The van der Waals surface area contributed by atoms with Crippen LogP contribution in [-0.4, -0.2) is 83.0 Å². The van der Waals surface area contributed by atoms with E-state index in [0.29, 0.717) is 30.5 Å². The van der Waals surface area contributed by atoms with Gasteiger partial charge in [0.2, 0.25) is 5.91 Å². The Morgan fingerprint density at radius 2 is 1.82 bits per heavy atom. The highest BCUT2D eigenvalue weighted by atomic mass is 35.5. The molecular formula is C24H33ClN6O3. The summed E-state index contributed by atoms with van der Waals surface area (Å²) >= 11 is 5.90. The van der Waals surface area contributed by atoms with Gasteiger partial charge in [0.25, 0.3) is 5.91 Å². The fourth-order valence-corrected chi connectivity index (χ4v) is 4.91. The predicted octanol–water partition coefficient (Wildman–Crippen LogP) is 2.71. The van der Waals surface area contributed by atoms with Crippen LogP contribution in [0.4, 0.5) is 10.5 Å². The Bertz CT molecular complexity index is 960. The van der Waals surface area contributed by atoms with Gasteiger partial charge in [-0.3, -0.25) is 9.59 Å². The molecule has 0 radical (unpaired) electrons. The Morgan fingerprint density at radius 3 is 2.44 bits per heavy atom. The number of benzene rings is 1. The van der Waals surface area contributed by atoms with Gasteiger partial charge in [-0.25, -0.2) is 4.79 Å². The zero-order valence-electron chi connectivity index (χ0n) is 20.0. The van der Waals surface area contributed by atoms with Gasteiger partial charge in [-0.1, -0.05) is 31.9 Å². The third-order valence-corrected chi connectivity index (χ3v) is 7.22. The van der Waals surface area contributed by atoms with E-state index >= 15 is 0 Å². The molecule has 2 atom stereocenters. The summed E-state index contributed by atoms with van der Waals surface area (Å²) in [5, 5.41) is 6.23. The highest BCUT2D eigenvalue weighted by Gasteiger charge is 2.41. The molecule has 1 aromatic carbocycles. The van der Waals surface area contributed by atoms with Crippen molar-refractivity contribution in [3.8, 4) is 0 Å². The third kappa shape index (κ3) is 5.09. The molecular weight excluding hydrogens is 456 g/mol. The summed E-state index contributed by atoms with van der Waals surface area (Å²) in [5.41, 5.74) is 1.36. The number of nitrogens with zero attached hydrogens (tertiary/aromatic N) is 4. The van der Waals surface area contributed by atoms with Crippen molar-refractivity contribution in [2.24, 2.45) is 5.92 Å². The van der Waals surface area contributed by atoms with Crippen LogP contribution in [0.2, 0.25) is 5.02 Å². The van der Waals surface area contributed by atoms with Crippen LogP contribution in [0, 0.1) is 5.92 Å². The van der Waals surface area contributed by atoms with E-state index in [1.54, 1.807) is 24.3 Å². The van der Waals surface area contributed by atoms with E-state index in [1.165, 1.54) is 0 Å². The van der Waals surface area contributed by atoms with E-state index in [4.69, 9.17) is 11.6 Å². The molecule has 3 heterocycles. The molecule has 0 saturated carbocycles. The number of hydrogen-bond donors (Lipinski definition) is 2. The number of likely N-dealkylation sites (tertiary alicyclic amines) is 1. The lowest BCUT2D eigenvalue weighted by atomic mass is 9.96. The summed E-state index contributed by atoms with van der Waals surface area (Å²) in [4.78, 5) is 46.7. The molecule has 3 aliphatic heterocycles. The molecule has 34 heavy (non-hydrogen) atoms. The Hall–Kier alpha value is -2.94. The van der Waals surface area contributed by atoms with Crippen LogP contribution in [0.5, 0.6) is 0 Å². The maximum absolute atomic E-state index is 13.4. The second kappa shape index (κ2) is 10.1. The number of piperidine rings is 1. The molecule has 0 unspecified atom stereocenters. The molecule has 0 aromatic heterocycles. The first kappa shape index (κ1) is 24.2. The second-order valence-corrected chi connectivity index (χ2v) is 9.83. The second-order valence-electron chi connectivity index (χ2n) is 9.39. The molecule has 184 valence electrons. The van der Waals surface area contributed by atoms with Crippen molar-refractivity contribution in [1.29, 1.82) is 0 Å². The van der Waals surface area contributed by atoms with Gasteiger partial charge in [0.15, 0.2) is 0 Å². The standard InChI is InChI=1S/C24H33ClN6O3/c1-4-16(2)21(27-24(34)26-18-7-5-17(25)6-8-18)23(33)29-11-9-19(10-12-29)31-15-30-14-28(3)13-20(30)22(31)32/h5-8,13,16,19,21H,4,9-12,14-15H2,1-3H3,(H2,26,27,34)/t16-,21+/m0/s1. The molecule has 1 aromatic rings. The first-order chi connectivity index (χ1) is 16.3. The summed E-state index contributed by atoms with van der Waals surface area (Å²) in [7, 11) is 1.96. The van der Waals surface area contributed by atoms with Crippen molar-refractivity contribution in [3.05, 3.63) is 41.2 Å². The number of fused-ring (bicyclic) bond motifs is 1. The molecule has 3 aliphatic rings. The maximum atomic E-state index is 13.4. The molecule has 2 fully saturated rings. The topological polar surface area (TPSA) is 88.2 Å². The van der Waals surface area contributed by atoms with Crippen LogP contribution in [0.3, 0.4) is 0 Å². The average Bonchev–Trinajstić information content (AvgIpc) is 3.34. The Kier molecular flexibility index (Phi) is 7.21. The number of anilines is 1. The fraction of sp³-hybridized carbons (Fsp3) is 0.542. The van der Waals surface area contributed by atoms with Gasteiger partial charge in [-0.2, -0.15) is 0 Å². The number of nitrogens with one attached hydrogen (secondary N) is 2. The molecule has 9 nitrogen and oxygen atoms in total. The Morgan fingerprint density at radius 1 is 1.15 bits per heavy atom. The lowest BCUT2D eigenvalue weighted by molar-refractivity contribution is -0.136. The monoisotopic (exact) mass is 488 g/mol. The SMILES string of the molecule is CC[C@H](C)[C@@H](NC(=O)Nc1ccc(Cl)cc1)C(=O)N1CCC(N2CN3CN(C)C=C3C2=O)CC1. The van der Waals surface area contributed by atoms with Crippen LogP contribution in [-0.2, 0) is 9.59 Å². The van der Waals surface area contributed by atoms with Crippen molar-refractivity contribution in [2.75, 3.05) is 38.8 Å². The summed E-state index contributed by atoms with van der Waals surface area (Å²) in [6.07, 6.45) is 4.13. The number of carbonyl (C=O) groups excluding carboxylic acids is 3. The average molecular weight is 489 g/mol. The van der Waals surface area contributed by atoms with Gasteiger partial charge in [0.1, 0.15) is 11.7 Å². The maximum Gasteiger partial charge on any atom is 0.319 e. The van der Waals surface area contributed by atoms with E-state index in [9.17, 15) is 14.4 Å². The summed E-state index contributed by atoms with van der Waals surface area (Å²) < 4.78 is 0. The van der Waals surface area contributed by atoms with Gasteiger partial charge in [-0.05, 0) is 43.0 Å². The summed E-state index contributed by atoms with van der Waals surface area (Å²) in [5.74, 6) is -0.0126. The number of amides is 4. The first-order valence-electron chi connectivity index (χ1n) is 11.9. The van der Waals surface area contributed by atoms with Gasteiger partial charge < -0.3 is 30.2 Å². The molecule has 10 heteroatoms. The van der Waals surface area contributed by atoms with Crippen molar-refractivity contribution >= 4 is 35.1 Å². The van der Waals surface area contributed by atoms with Crippen LogP contribution in [0.25, 0.3) is 0 Å². The summed E-state index contributed by atoms with van der Waals surface area (Å²) in [6.45, 7) is 6.45. The van der Waals surface area contributed by atoms with E-state index in [2.05, 4.69) is 15.5 Å². The minimum absolute atomic E-state index is 0.0162. The van der Waals surface area contributed by atoms with Crippen molar-refractivity contribution < 1.29 is 14.4 Å². The molecule has 4 rings (SSSR count). The summed E-state index contributed by atoms with van der Waals surface area (Å²) in [6, 6.07) is 5.91. The molecule has 0 bridgehead atoms. The van der Waals surface area contributed by atoms with Crippen molar-refractivity contribution in [1.82, 2.24) is 24.9 Å². The number of hydrogen-bond acceptors (Lipinski definition) is 5. The predicted molar refractivity (Wildman–Crippen MR) is 131 cm³/mol. The van der Waals surface area contributed by atoms with E-state index < -0.39 is 12.1 Å². The number of rotatable bonds is 6. The molecule has 2 saturated heterocycles. The van der Waals surface area contributed by atoms with Gasteiger partial charge in [0, 0.05) is 43.1 Å². The number of halogens is 1. The molecule has 0 aliphatic carbocycles. The van der Waals surface area contributed by atoms with Crippen LogP contribution >= 0.6 is 11.6 Å². The fourth-order valence-electron chi connectivity index (χ4n) is 4.78. The highest BCUT2D eigenvalue weighted by Crippen LogP contribution is 2.29. The Labute approximate surface area is 205 Å². The minimum Gasteiger partial charge on any atom is -0.361 e. The van der Waals surface area contributed by atoms with Crippen LogP contribution in [0.1, 0.15) is 33.1 Å². The zero-order chi connectivity index (χ0) is 24.4. The minimum atomic E-state index is -0.617. The van der Waals surface area contributed by atoms with Crippen molar-refractivity contribution in [2.45, 2.75) is 45.2 Å². The lowest BCUT2D eigenvalue weighted by Crippen LogP contribution is -2.55. The normalized spacial score (nSPS) is 20.2. The third-order valence-electron chi connectivity index (χ3n) is 6.96. The van der Waals surface area contributed by atoms with Gasteiger partial charge in [-0.15, -0.1) is 0 Å². The molecule has 0 spiro atoms. The largest absolute Gasteiger partial charge is 0.361 e. The van der Waals surface area contributed by atoms with E-state index in [-0.39, 0.29) is 23.8 Å². The van der Waals surface area contributed by atoms with Gasteiger partial charge in [0.05, 0.1) is 13.3 Å². The number of urea groups is 1. The lowest BCUT2D eigenvalue weighted by Gasteiger charge is -2.38. The molecule has 4 amide bonds. The highest BCUT2D eigenvalue weighted by molar-refractivity contribution is 6.30. The Balaban J connectivity index is 1.34. The smallest absolute Gasteiger partial charge is 0.319 e. The first-order valence-corrected chi connectivity index (χ1v) is 12.2. The van der Waals surface area contributed by atoms with E-state index in [1.807, 2.05) is 41.8 Å². The van der Waals surface area contributed by atoms with E-state index in [0.717, 1.165) is 31.6 Å². The van der Waals surface area contributed by atoms with Crippen LogP contribution < -0.4 is 10.6 Å². The quantitative estimate of drug-likeness (QED) is 0.642. The molecule has 2 N–H and O–H groups in total. The number of carbonyl (C=O) groups is 3.